The lowest BCUT2D eigenvalue weighted by Crippen LogP contribution is -2.52. The second-order valence-corrected chi connectivity index (χ2v) is 8.34. The fourth-order valence-corrected chi connectivity index (χ4v) is 5.22. The van der Waals surface area contributed by atoms with E-state index in [1.54, 1.807) is 0 Å². The predicted octanol–water partition coefficient (Wildman–Crippen LogP) is 0.360. The van der Waals surface area contributed by atoms with E-state index < -0.39 is 29.4 Å². The number of ketones is 1. The Labute approximate surface area is 166 Å². The van der Waals surface area contributed by atoms with Gasteiger partial charge in [0.1, 0.15) is 5.82 Å². The van der Waals surface area contributed by atoms with Crippen LogP contribution in [-0.2, 0) is 16.1 Å². The van der Waals surface area contributed by atoms with Gasteiger partial charge in [-0.3, -0.25) is 14.4 Å². The summed E-state index contributed by atoms with van der Waals surface area (Å²) in [5.74, 6) is -2.23. The van der Waals surface area contributed by atoms with E-state index in [-0.39, 0.29) is 35.4 Å². The smallest absolute Gasteiger partial charge is 0.257 e. The second kappa shape index (κ2) is 6.84. The van der Waals surface area contributed by atoms with Crippen molar-refractivity contribution in [1.29, 1.82) is 0 Å². The summed E-state index contributed by atoms with van der Waals surface area (Å²) in [7, 11) is 0. The van der Waals surface area contributed by atoms with Crippen molar-refractivity contribution < 1.29 is 23.2 Å². The zero-order valence-electron chi connectivity index (χ0n) is 15.8. The summed E-state index contributed by atoms with van der Waals surface area (Å²) in [5.41, 5.74) is 0.176. The first-order chi connectivity index (χ1) is 14.0. The molecule has 5 rings (SSSR count). The first-order valence-electron chi connectivity index (χ1n) is 10.0. The molecule has 0 saturated carbocycles. The number of hydrogen-bond donors (Lipinski definition) is 2. The molecular weight excluding hydrogens is 382 g/mol. The molecule has 3 fully saturated rings. The number of benzene rings is 1. The Morgan fingerprint density at radius 1 is 1.14 bits per heavy atom. The van der Waals surface area contributed by atoms with Crippen LogP contribution in [0.5, 0.6) is 0 Å². The molecule has 4 heterocycles. The highest BCUT2D eigenvalue weighted by Crippen LogP contribution is 2.38. The number of Topliss-reactive ketones (excluding diaryl/α,β-unsaturated/α-hetero) is 1. The van der Waals surface area contributed by atoms with Gasteiger partial charge >= 0.3 is 0 Å². The van der Waals surface area contributed by atoms with E-state index in [0.29, 0.717) is 38.3 Å². The monoisotopic (exact) mass is 404 g/mol. The number of fused-ring (bicyclic) bond motifs is 3. The van der Waals surface area contributed by atoms with E-state index in [0.717, 1.165) is 19.0 Å². The number of carbonyl (C=O) groups excluding carboxylic acids is 3. The van der Waals surface area contributed by atoms with Gasteiger partial charge in [0.05, 0.1) is 23.8 Å². The summed E-state index contributed by atoms with van der Waals surface area (Å²) in [4.78, 5) is 38.4. The van der Waals surface area contributed by atoms with Gasteiger partial charge in [-0.2, -0.15) is 0 Å². The molecule has 0 radical (unpaired) electrons. The molecule has 0 spiro atoms. The topological polar surface area (TPSA) is 81.8 Å². The number of aldehydes is 1. The maximum atomic E-state index is 15.4. The molecule has 0 aliphatic carbocycles. The van der Waals surface area contributed by atoms with Gasteiger partial charge in [-0.1, -0.05) is 0 Å². The van der Waals surface area contributed by atoms with E-state index in [9.17, 15) is 18.8 Å². The lowest BCUT2D eigenvalue weighted by atomic mass is 9.97. The molecule has 7 nitrogen and oxygen atoms in total. The van der Waals surface area contributed by atoms with E-state index in [4.69, 9.17) is 0 Å². The largest absolute Gasteiger partial charge is 0.363 e. The Bertz CT molecular complexity index is 900. The molecule has 9 heteroatoms. The molecule has 1 aromatic carbocycles. The highest BCUT2D eigenvalue weighted by molar-refractivity contribution is 6.27. The highest BCUT2D eigenvalue weighted by atomic mass is 19.1. The van der Waals surface area contributed by atoms with E-state index >= 15 is 4.39 Å². The van der Waals surface area contributed by atoms with Crippen LogP contribution < -0.4 is 15.5 Å². The molecule has 4 atom stereocenters. The minimum atomic E-state index is -0.683. The minimum Gasteiger partial charge on any atom is -0.363 e. The number of nitrogens with zero attached hydrogens (tertiary/aromatic N) is 2. The summed E-state index contributed by atoms with van der Waals surface area (Å²) < 4.78 is 30.2. The molecule has 3 saturated heterocycles. The summed E-state index contributed by atoms with van der Waals surface area (Å²) in [6.07, 6.45) is 2.11. The quantitative estimate of drug-likeness (QED) is 0.557. The molecule has 29 heavy (non-hydrogen) atoms. The third kappa shape index (κ3) is 2.86. The van der Waals surface area contributed by atoms with Gasteiger partial charge in [-0.15, -0.1) is 0 Å². The molecule has 1 aromatic rings. The van der Waals surface area contributed by atoms with Gasteiger partial charge in [-0.25, -0.2) is 8.78 Å². The number of rotatable bonds is 4. The molecule has 0 aromatic heterocycles. The maximum Gasteiger partial charge on any atom is 0.257 e. The van der Waals surface area contributed by atoms with Gasteiger partial charge in [0, 0.05) is 49.4 Å². The highest BCUT2D eigenvalue weighted by Gasteiger charge is 2.43. The summed E-state index contributed by atoms with van der Waals surface area (Å²) in [6, 6.07) is 0.774. The number of piperazine rings is 1. The van der Waals surface area contributed by atoms with Gasteiger partial charge in [0.25, 0.3) is 5.91 Å². The predicted molar refractivity (Wildman–Crippen MR) is 99.7 cm³/mol. The minimum absolute atomic E-state index is 0.0174. The average Bonchev–Trinajstić information content (AvgIpc) is 3.45. The Hall–Kier alpha value is -2.39. The third-order valence-corrected chi connectivity index (χ3v) is 6.75. The Morgan fingerprint density at radius 2 is 1.93 bits per heavy atom. The van der Waals surface area contributed by atoms with Crippen LogP contribution in [0, 0.1) is 11.6 Å². The summed E-state index contributed by atoms with van der Waals surface area (Å²) in [6.45, 7) is 1.71. The van der Waals surface area contributed by atoms with Crippen LogP contribution in [0.25, 0.3) is 0 Å². The van der Waals surface area contributed by atoms with Gasteiger partial charge in [0.15, 0.2) is 12.1 Å². The van der Waals surface area contributed by atoms with Crippen molar-refractivity contribution >= 4 is 23.7 Å². The molecule has 1 amide bonds. The van der Waals surface area contributed by atoms with Crippen molar-refractivity contribution in [2.45, 2.75) is 50.0 Å². The SMILES string of the molecule is O=CC(=O)C1CCC(N2Cc3c(F)c(N4CC5CC4CN5)cc(F)c3C2=O)CN1. The van der Waals surface area contributed by atoms with Crippen molar-refractivity contribution in [3.63, 3.8) is 0 Å². The molecule has 2 bridgehead atoms. The molecule has 4 aliphatic rings. The maximum absolute atomic E-state index is 15.4. The zero-order valence-corrected chi connectivity index (χ0v) is 15.8. The Morgan fingerprint density at radius 3 is 2.55 bits per heavy atom. The number of hydrogen-bond acceptors (Lipinski definition) is 6. The van der Waals surface area contributed by atoms with E-state index in [2.05, 4.69) is 10.6 Å². The van der Waals surface area contributed by atoms with Gasteiger partial charge < -0.3 is 20.4 Å². The summed E-state index contributed by atoms with van der Waals surface area (Å²) >= 11 is 0. The van der Waals surface area contributed by atoms with Gasteiger partial charge in [-0.05, 0) is 19.3 Å². The Kier molecular flexibility index (Phi) is 4.40. The van der Waals surface area contributed by atoms with Crippen molar-refractivity contribution in [3.8, 4) is 0 Å². The molecule has 154 valence electrons. The second-order valence-electron chi connectivity index (χ2n) is 8.34. The molecule has 2 N–H and O–H groups in total. The number of amides is 1. The first kappa shape index (κ1) is 18.6. The third-order valence-electron chi connectivity index (χ3n) is 6.75. The van der Waals surface area contributed by atoms with Crippen LogP contribution in [-0.4, -0.2) is 66.7 Å². The number of nitrogens with one attached hydrogen (secondary N) is 2. The average molecular weight is 404 g/mol. The van der Waals surface area contributed by atoms with Gasteiger partial charge in [0.2, 0.25) is 5.78 Å². The standard InChI is InChI=1S/C20H22F2N4O3/c21-14-4-16(25-7-10-3-12(25)6-23-10)19(22)13-8-26(20(29)18(13)14)11-1-2-15(24-5-11)17(28)9-27/h4,9-12,15,23-24H,1-3,5-8H2. The van der Waals surface area contributed by atoms with E-state index in [1.807, 2.05) is 4.90 Å². The lowest BCUT2D eigenvalue weighted by molar-refractivity contribution is -0.131. The molecule has 4 unspecified atom stereocenters. The van der Waals surface area contributed by atoms with Crippen molar-refractivity contribution in [3.05, 3.63) is 28.8 Å². The fraction of sp³-hybridized carbons (Fsp3) is 0.550. The van der Waals surface area contributed by atoms with Crippen LogP contribution in [0.15, 0.2) is 6.07 Å². The number of carbonyl (C=O) groups is 3. The Balaban J connectivity index is 1.38. The van der Waals surface area contributed by atoms with Crippen LogP contribution in [0.2, 0.25) is 0 Å². The molecular formula is C20H22F2N4O3. The number of anilines is 1. The number of piperidine rings is 1. The normalized spacial score (nSPS) is 30.8. The van der Waals surface area contributed by atoms with Crippen LogP contribution >= 0.6 is 0 Å². The van der Waals surface area contributed by atoms with Crippen molar-refractivity contribution in [1.82, 2.24) is 15.5 Å². The fourth-order valence-electron chi connectivity index (χ4n) is 5.22. The van der Waals surface area contributed by atoms with Crippen LogP contribution in [0.3, 0.4) is 0 Å². The van der Waals surface area contributed by atoms with E-state index in [1.165, 1.54) is 4.90 Å². The molecule has 4 aliphatic heterocycles. The van der Waals surface area contributed by atoms with Crippen LogP contribution in [0.1, 0.15) is 35.2 Å². The van der Waals surface area contributed by atoms with Crippen LogP contribution in [0.4, 0.5) is 14.5 Å². The van der Waals surface area contributed by atoms with Crippen molar-refractivity contribution in [2.24, 2.45) is 0 Å². The first-order valence-corrected chi connectivity index (χ1v) is 10.0. The van der Waals surface area contributed by atoms with Crippen molar-refractivity contribution in [2.75, 3.05) is 24.5 Å². The number of halogens is 2. The lowest BCUT2D eigenvalue weighted by Gasteiger charge is -2.34. The summed E-state index contributed by atoms with van der Waals surface area (Å²) in [5, 5.41) is 6.31. The zero-order chi connectivity index (χ0) is 20.3.